The van der Waals surface area contributed by atoms with Crippen LogP contribution in [0.1, 0.15) is 17.3 Å². The second-order valence-electron chi connectivity index (χ2n) is 7.00. The zero-order valence-corrected chi connectivity index (χ0v) is 15.7. The van der Waals surface area contributed by atoms with Gasteiger partial charge in [-0.3, -0.25) is 4.90 Å². The number of nitrogens with zero attached hydrogens (tertiary/aromatic N) is 5. The highest BCUT2D eigenvalue weighted by Crippen LogP contribution is 2.37. The maximum Gasteiger partial charge on any atom is 0.240 e. The summed E-state index contributed by atoms with van der Waals surface area (Å²) in [5.41, 5.74) is 1.89. The molecule has 142 valence electrons. The Morgan fingerprint density at radius 3 is 2.46 bits per heavy atom. The smallest absolute Gasteiger partial charge is 0.240 e. The van der Waals surface area contributed by atoms with Crippen LogP contribution in [0.25, 0.3) is 0 Å². The largest absolute Gasteiger partial charge is 0.454 e. The second-order valence-corrected chi connectivity index (χ2v) is 7.00. The van der Waals surface area contributed by atoms with Gasteiger partial charge in [-0.15, -0.1) is 0 Å². The van der Waals surface area contributed by atoms with Crippen LogP contribution in [0.3, 0.4) is 0 Å². The van der Waals surface area contributed by atoms with Gasteiger partial charge >= 0.3 is 0 Å². The molecular formula is C21H21N5O2. The molecular weight excluding hydrogens is 354 g/mol. The Morgan fingerprint density at radius 1 is 0.929 bits per heavy atom. The highest BCUT2D eigenvalue weighted by Gasteiger charge is 2.26. The van der Waals surface area contributed by atoms with Gasteiger partial charge in [0.15, 0.2) is 11.6 Å². The number of benzene rings is 2. The Labute approximate surface area is 163 Å². The molecule has 2 aliphatic rings. The Hall–Kier alpha value is -3.19. The maximum atomic E-state index is 6.15. The topological polar surface area (TPSA) is 67.0 Å². The number of aryl methyl sites for hydroxylation is 1. The first kappa shape index (κ1) is 16.9. The lowest BCUT2D eigenvalue weighted by molar-refractivity contribution is 0.158. The fourth-order valence-electron chi connectivity index (χ4n) is 3.62. The Bertz CT molecular complexity index is 1020. The molecule has 2 aliphatic heterocycles. The van der Waals surface area contributed by atoms with Crippen molar-refractivity contribution in [3.8, 4) is 11.5 Å². The van der Waals surface area contributed by atoms with Gasteiger partial charge in [-0.2, -0.15) is 4.98 Å². The number of amidine groups is 1. The molecule has 5 rings (SSSR count). The number of fused-ring (bicyclic) bond motifs is 2. The van der Waals surface area contributed by atoms with Crippen molar-refractivity contribution in [2.45, 2.75) is 13.5 Å². The molecule has 0 aliphatic carbocycles. The minimum Gasteiger partial charge on any atom is -0.454 e. The van der Waals surface area contributed by atoms with E-state index < -0.39 is 0 Å². The van der Waals surface area contributed by atoms with E-state index in [2.05, 4.69) is 26.0 Å². The number of hydrogen-bond acceptors (Lipinski definition) is 7. The van der Waals surface area contributed by atoms with Crippen molar-refractivity contribution in [2.24, 2.45) is 4.99 Å². The van der Waals surface area contributed by atoms with E-state index in [1.54, 1.807) is 0 Å². The van der Waals surface area contributed by atoms with Crippen LogP contribution in [-0.4, -0.2) is 52.0 Å². The lowest BCUT2D eigenvalue weighted by Gasteiger charge is -2.35. The molecule has 1 saturated heterocycles. The standard InChI is InChI=1S/C21H21N5O2/c1-15-22-20(28-24-15)14-25-10-12-26(13-11-25)21-16-6-2-4-8-18(16)27-19-9-5-3-7-17(19)23-21/h2-9H,10-14H2,1H3. The Balaban J connectivity index is 1.39. The van der Waals surface area contributed by atoms with Crippen molar-refractivity contribution in [1.29, 1.82) is 0 Å². The lowest BCUT2D eigenvalue weighted by Crippen LogP contribution is -2.48. The number of rotatable bonds is 2. The Kier molecular flexibility index (Phi) is 4.29. The van der Waals surface area contributed by atoms with Crippen LogP contribution in [0.5, 0.6) is 11.5 Å². The third kappa shape index (κ3) is 3.25. The summed E-state index contributed by atoms with van der Waals surface area (Å²) in [6, 6.07) is 16.0. The number of para-hydroxylation sites is 3. The van der Waals surface area contributed by atoms with E-state index in [9.17, 15) is 0 Å². The van der Waals surface area contributed by atoms with Crippen molar-refractivity contribution >= 4 is 11.5 Å². The van der Waals surface area contributed by atoms with Gasteiger partial charge in [0.25, 0.3) is 0 Å². The van der Waals surface area contributed by atoms with Crippen molar-refractivity contribution in [1.82, 2.24) is 19.9 Å². The fourth-order valence-corrected chi connectivity index (χ4v) is 3.62. The maximum absolute atomic E-state index is 6.15. The van der Waals surface area contributed by atoms with Crippen molar-refractivity contribution in [2.75, 3.05) is 26.2 Å². The summed E-state index contributed by atoms with van der Waals surface area (Å²) < 4.78 is 11.4. The summed E-state index contributed by atoms with van der Waals surface area (Å²) in [4.78, 5) is 13.9. The summed E-state index contributed by atoms with van der Waals surface area (Å²) in [7, 11) is 0. The predicted molar refractivity (Wildman–Crippen MR) is 105 cm³/mol. The van der Waals surface area contributed by atoms with Gasteiger partial charge in [0.1, 0.15) is 17.3 Å². The molecule has 0 unspecified atom stereocenters. The molecule has 0 spiro atoms. The molecule has 2 aromatic carbocycles. The highest BCUT2D eigenvalue weighted by atomic mass is 16.5. The first-order valence-corrected chi connectivity index (χ1v) is 9.48. The van der Waals surface area contributed by atoms with E-state index in [0.717, 1.165) is 54.8 Å². The van der Waals surface area contributed by atoms with Crippen molar-refractivity contribution in [3.63, 3.8) is 0 Å². The van der Waals surface area contributed by atoms with Crippen molar-refractivity contribution in [3.05, 3.63) is 65.8 Å². The zero-order chi connectivity index (χ0) is 18.9. The van der Waals surface area contributed by atoms with Crippen LogP contribution in [0, 0.1) is 6.92 Å². The number of piperazine rings is 1. The van der Waals surface area contributed by atoms with E-state index in [-0.39, 0.29) is 0 Å². The van der Waals surface area contributed by atoms with Crippen LogP contribution < -0.4 is 4.74 Å². The minimum atomic E-state index is 0.672. The van der Waals surface area contributed by atoms with Gasteiger partial charge in [-0.05, 0) is 31.2 Å². The van der Waals surface area contributed by atoms with E-state index >= 15 is 0 Å². The second kappa shape index (κ2) is 7.09. The molecule has 0 amide bonds. The van der Waals surface area contributed by atoms with Gasteiger partial charge in [0.05, 0.1) is 12.1 Å². The predicted octanol–water partition coefficient (Wildman–Crippen LogP) is 3.38. The van der Waals surface area contributed by atoms with Crippen LogP contribution >= 0.6 is 0 Å². The SMILES string of the molecule is Cc1noc(CN2CCN(C3=Nc4ccccc4Oc4ccccc43)CC2)n1. The van der Waals surface area contributed by atoms with Gasteiger partial charge in [0.2, 0.25) is 5.89 Å². The van der Waals surface area contributed by atoms with E-state index in [1.165, 1.54) is 0 Å². The molecule has 0 radical (unpaired) electrons. The molecule has 0 bridgehead atoms. The number of hydrogen-bond donors (Lipinski definition) is 0. The first-order chi connectivity index (χ1) is 13.8. The molecule has 3 aromatic rings. The lowest BCUT2D eigenvalue weighted by atomic mass is 10.1. The van der Waals surface area contributed by atoms with Gasteiger partial charge in [-0.25, -0.2) is 4.99 Å². The molecule has 0 saturated carbocycles. The van der Waals surface area contributed by atoms with Crippen LogP contribution in [0.15, 0.2) is 58.0 Å². The summed E-state index contributed by atoms with van der Waals surface area (Å²) in [5.74, 6) is 3.95. The normalized spacial score (nSPS) is 16.6. The minimum absolute atomic E-state index is 0.672. The van der Waals surface area contributed by atoms with E-state index in [0.29, 0.717) is 18.3 Å². The van der Waals surface area contributed by atoms with Gasteiger partial charge in [-0.1, -0.05) is 29.4 Å². The van der Waals surface area contributed by atoms with Gasteiger partial charge in [0, 0.05) is 26.2 Å². The van der Waals surface area contributed by atoms with Crippen LogP contribution in [-0.2, 0) is 6.54 Å². The molecule has 1 aromatic heterocycles. The molecule has 3 heterocycles. The summed E-state index contributed by atoms with van der Waals surface area (Å²) in [6.45, 7) is 6.09. The first-order valence-electron chi connectivity index (χ1n) is 9.48. The number of aliphatic imine (C=N–C) groups is 1. The quantitative estimate of drug-likeness (QED) is 0.684. The molecule has 7 heteroatoms. The average molecular weight is 375 g/mol. The molecule has 1 fully saturated rings. The summed E-state index contributed by atoms with van der Waals surface area (Å²) >= 11 is 0. The van der Waals surface area contributed by atoms with Crippen LogP contribution in [0.4, 0.5) is 5.69 Å². The molecule has 0 N–H and O–H groups in total. The van der Waals surface area contributed by atoms with E-state index in [4.69, 9.17) is 14.3 Å². The Morgan fingerprint density at radius 2 is 1.68 bits per heavy atom. The summed E-state index contributed by atoms with van der Waals surface area (Å²) in [5, 5.41) is 3.87. The fraction of sp³-hybridized carbons (Fsp3) is 0.286. The van der Waals surface area contributed by atoms with Gasteiger partial charge < -0.3 is 14.2 Å². The molecule has 7 nitrogen and oxygen atoms in total. The molecule has 28 heavy (non-hydrogen) atoms. The average Bonchev–Trinajstić information content (AvgIpc) is 3.05. The molecule has 0 atom stereocenters. The third-order valence-corrected chi connectivity index (χ3v) is 5.04. The van der Waals surface area contributed by atoms with Crippen molar-refractivity contribution < 1.29 is 9.26 Å². The highest BCUT2D eigenvalue weighted by molar-refractivity contribution is 6.03. The third-order valence-electron chi connectivity index (χ3n) is 5.04. The van der Waals surface area contributed by atoms with E-state index in [1.807, 2.05) is 49.4 Å². The monoisotopic (exact) mass is 375 g/mol. The number of ether oxygens (including phenoxy) is 1. The zero-order valence-electron chi connectivity index (χ0n) is 15.7. The number of aromatic nitrogens is 2. The summed E-state index contributed by atoms with van der Waals surface area (Å²) in [6.07, 6.45) is 0. The van der Waals surface area contributed by atoms with Crippen LogP contribution in [0.2, 0.25) is 0 Å².